The van der Waals surface area contributed by atoms with Crippen molar-refractivity contribution in [2.45, 2.75) is 58.2 Å². The first kappa shape index (κ1) is 15.8. The van der Waals surface area contributed by atoms with E-state index < -0.39 is 6.10 Å². The number of hydrogen-bond acceptors (Lipinski definition) is 3. The summed E-state index contributed by atoms with van der Waals surface area (Å²) >= 11 is 0. The first-order chi connectivity index (χ1) is 10.5. The van der Waals surface area contributed by atoms with Gasteiger partial charge in [-0.15, -0.1) is 0 Å². The Kier molecular flexibility index (Phi) is 4.72. The van der Waals surface area contributed by atoms with Crippen LogP contribution in [0.15, 0.2) is 23.8 Å². The van der Waals surface area contributed by atoms with Gasteiger partial charge in [0, 0.05) is 6.42 Å². The zero-order valence-corrected chi connectivity index (χ0v) is 13.6. The van der Waals surface area contributed by atoms with Gasteiger partial charge >= 0.3 is 5.97 Å². The zero-order valence-electron chi connectivity index (χ0n) is 13.6. The summed E-state index contributed by atoms with van der Waals surface area (Å²) in [6.45, 7) is 4.55. The van der Waals surface area contributed by atoms with Crippen molar-refractivity contribution < 1.29 is 14.6 Å². The molecule has 0 aromatic heterocycles. The van der Waals surface area contributed by atoms with Crippen molar-refractivity contribution in [2.24, 2.45) is 23.7 Å². The number of carbonyl (C=O) groups is 1. The average Bonchev–Trinajstić information content (AvgIpc) is 2.45. The van der Waals surface area contributed by atoms with E-state index in [1.165, 1.54) is 5.57 Å². The minimum atomic E-state index is -0.521. The quantitative estimate of drug-likeness (QED) is 0.812. The number of hydrogen-bond donors (Lipinski definition) is 1. The number of esters is 1. The van der Waals surface area contributed by atoms with Crippen molar-refractivity contribution in [1.29, 1.82) is 0 Å². The molecule has 22 heavy (non-hydrogen) atoms. The van der Waals surface area contributed by atoms with Gasteiger partial charge in [0.05, 0.1) is 12.5 Å². The Morgan fingerprint density at radius 1 is 1.32 bits per heavy atom. The Morgan fingerprint density at radius 2 is 2.14 bits per heavy atom. The maximum absolute atomic E-state index is 11.5. The van der Waals surface area contributed by atoms with Crippen molar-refractivity contribution >= 4 is 5.97 Å². The summed E-state index contributed by atoms with van der Waals surface area (Å²) in [6.07, 6.45) is 12.7. The van der Waals surface area contributed by atoms with Gasteiger partial charge in [0.25, 0.3) is 0 Å². The maximum atomic E-state index is 11.5. The van der Waals surface area contributed by atoms with Crippen molar-refractivity contribution in [3.05, 3.63) is 30.2 Å². The van der Waals surface area contributed by atoms with Crippen LogP contribution >= 0.6 is 0 Å². The lowest BCUT2D eigenvalue weighted by atomic mass is 9.66. The second kappa shape index (κ2) is 6.57. The fourth-order valence-electron chi connectivity index (χ4n) is 4.19. The SMILES string of the molecule is C[C@H]1C=C2C=C[C@H](C)[C@H](CC[C@H]3C[C@H](O)CC(=O)O3)[C@H]2[CH]C1. The smallest absolute Gasteiger partial charge is 0.308 e. The highest BCUT2D eigenvalue weighted by Gasteiger charge is 2.35. The number of ether oxygens (including phenoxy) is 1. The third kappa shape index (κ3) is 3.45. The van der Waals surface area contributed by atoms with Crippen LogP contribution in [0.2, 0.25) is 0 Å². The molecule has 0 amide bonds. The molecule has 3 rings (SSSR count). The van der Waals surface area contributed by atoms with Crippen molar-refractivity contribution in [2.75, 3.05) is 0 Å². The molecule has 0 aromatic rings. The second-order valence-electron chi connectivity index (χ2n) is 7.31. The number of aliphatic hydroxyl groups is 1. The van der Waals surface area contributed by atoms with Crippen LogP contribution in [0.3, 0.4) is 0 Å². The van der Waals surface area contributed by atoms with E-state index in [2.05, 4.69) is 38.5 Å². The fraction of sp³-hybridized carbons (Fsp3) is 0.684. The summed E-state index contributed by atoms with van der Waals surface area (Å²) in [7, 11) is 0. The van der Waals surface area contributed by atoms with Crippen LogP contribution in [0.5, 0.6) is 0 Å². The molecule has 121 valence electrons. The second-order valence-corrected chi connectivity index (χ2v) is 7.31. The molecule has 3 heteroatoms. The summed E-state index contributed by atoms with van der Waals surface area (Å²) in [5.41, 5.74) is 1.46. The van der Waals surface area contributed by atoms with Crippen LogP contribution in [0, 0.1) is 30.1 Å². The molecule has 3 aliphatic rings. The first-order valence-electron chi connectivity index (χ1n) is 8.63. The van der Waals surface area contributed by atoms with E-state index in [0.717, 1.165) is 19.3 Å². The van der Waals surface area contributed by atoms with Gasteiger partial charge in [-0.2, -0.15) is 0 Å². The molecule has 0 saturated carbocycles. The van der Waals surface area contributed by atoms with Crippen LogP contribution < -0.4 is 0 Å². The Bertz CT molecular complexity index is 479. The van der Waals surface area contributed by atoms with Gasteiger partial charge in [-0.3, -0.25) is 4.79 Å². The van der Waals surface area contributed by atoms with Gasteiger partial charge in [-0.05, 0) is 54.9 Å². The largest absolute Gasteiger partial charge is 0.462 e. The molecule has 1 radical (unpaired) electrons. The molecule has 0 spiro atoms. The Hall–Kier alpha value is -1.09. The van der Waals surface area contributed by atoms with Gasteiger partial charge in [0.1, 0.15) is 6.10 Å². The van der Waals surface area contributed by atoms with E-state index in [1.54, 1.807) is 0 Å². The van der Waals surface area contributed by atoms with Crippen LogP contribution in [0.4, 0.5) is 0 Å². The summed E-state index contributed by atoms with van der Waals surface area (Å²) in [4.78, 5) is 11.5. The van der Waals surface area contributed by atoms with Crippen LogP contribution in [0.25, 0.3) is 0 Å². The summed E-state index contributed by atoms with van der Waals surface area (Å²) < 4.78 is 5.39. The maximum Gasteiger partial charge on any atom is 0.308 e. The lowest BCUT2D eigenvalue weighted by molar-refractivity contribution is -0.160. The van der Waals surface area contributed by atoms with E-state index in [0.29, 0.717) is 30.1 Å². The molecule has 1 saturated heterocycles. The number of cyclic esters (lactones) is 1. The van der Waals surface area contributed by atoms with E-state index in [-0.39, 0.29) is 18.5 Å². The van der Waals surface area contributed by atoms with Gasteiger partial charge in [0.15, 0.2) is 0 Å². The summed E-state index contributed by atoms with van der Waals surface area (Å²) in [5.74, 6) is 2.07. The van der Waals surface area contributed by atoms with Crippen LogP contribution in [-0.4, -0.2) is 23.3 Å². The molecule has 1 fully saturated rings. The monoisotopic (exact) mass is 303 g/mol. The normalized spacial score (nSPS) is 41.6. The van der Waals surface area contributed by atoms with Gasteiger partial charge in [-0.1, -0.05) is 32.1 Å². The lowest BCUT2D eigenvalue weighted by Crippen LogP contribution is -2.34. The van der Waals surface area contributed by atoms with Crippen molar-refractivity contribution in [1.82, 2.24) is 0 Å². The summed E-state index contributed by atoms with van der Waals surface area (Å²) in [5, 5.41) is 9.73. The Morgan fingerprint density at radius 3 is 2.91 bits per heavy atom. The van der Waals surface area contributed by atoms with Gasteiger partial charge in [-0.25, -0.2) is 0 Å². The molecule has 1 heterocycles. The third-order valence-corrected chi connectivity index (χ3v) is 5.41. The number of aliphatic hydroxyl groups excluding tert-OH is 1. The molecule has 2 aliphatic carbocycles. The molecule has 0 aromatic carbocycles. The molecule has 3 nitrogen and oxygen atoms in total. The lowest BCUT2D eigenvalue weighted by Gasteiger charge is -2.39. The molecule has 1 N–H and O–H groups in total. The van der Waals surface area contributed by atoms with Crippen molar-refractivity contribution in [3.63, 3.8) is 0 Å². The number of carbonyl (C=O) groups excluding carboxylic acids is 1. The Labute approximate surface area is 133 Å². The minimum Gasteiger partial charge on any atom is -0.462 e. The molecule has 6 atom stereocenters. The van der Waals surface area contributed by atoms with Crippen LogP contribution in [-0.2, 0) is 9.53 Å². The number of allylic oxidation sites excluding steroid dienone is 4. The zero-order chi connectivity index (χ0) is 15.7. The van der Waals surface area contributed by atoms with E-state index in [1.807, 2.05) is 0 Å². The number of fused-ring (bicyclic) bond motifs is 1. The summed E-state index contributed by atoms with van der Waals surface area (Å²) in [6, 6.07) is 0. The average molecular weight is 303 g/mol. The van der Waals surface area contributed by atoms with Crippen molar-refractivity contribution in [3.8, 4) is 0 Å². The van der Waals surface area contributed by atoms with E-state index in [9.17, 15) is 9.90 Å². The highest BCUT2D eigenvalue weighted by Crippen LogP contribution is 2.43. The first-order valence-corrected chi connectivity index (χ1v) is 8.63. The van der Waals surface area contributed by atoms with Gasteiger partial charge < -0.3 is 9.84 Å². The predicted molar refractivity (Wildman–Crippen MR) is 85.8 cm³/mol. The fourth-order valence-corrected chi connectivity index (χ4v) is 4.19. The van der Waals surface area contributed by atoms with Gasteiger partial charge in [0.2, 0.25) is 0 Å². The standard InChI is InChI=1S/C19H27O3/c1-12-3-7-18-14(9-12)5-4-13(2)17(18)8-6-16-10-15(20)11-19(21)22-16/h4-5,7,9,12-13,15-18,20H,3,6,8,10-11H2,1-2H3/t12-,13+,15+,16+,17+,18+/m1/s1. The predicted octanol–water partition coefficient (Wildman–Crippen LogP) is 3.44. The highest BCUT2D eigenvalue weighted by atomic mass is 16.5. The highest BCUT2D eigenvalue weighted by molar-refractivity contribution is 5.70. The molecule has 0 bridgehead atoms. The third-order valence-electron chi connectivity index (χ3n) is 5.41. The number of rotatable bonds is 3. The van der Waals surface area contributed by atoms with Crippen LogP contribution in [0.1, 0.15) is 46.0 Å². The minimum absolute atomic E-state index is 0.107. The topological polar surface area (TPSA) is 46.5 Å². The molecule has 1 aliphatic heterocycles. The van der Waals surface area contributed by atoms with E-state index in [4.69, 9.17) is 4.74 Å². The Balaban J connectivity index is 1.63. The molecular formula is C19H27O3. The molecule has 0 unspecified atom stereocenters. The molecular weight excluding hydrogens is 276 g/mol. The van der Waals surface area contributed by atoms with E-state index >= 15 is 0 Å².